The molecule has 0 saturated heterocycles. The molecule has 4 aromatic heterocycles. The molecule has 170 valence electrons. The largest absolute Gasteiger partial charge is 0.353 e. The van der Waals surface area contributed by atoms with Crippen LogP contribution in [-0.4, -0.2) is 19.9 Å². The van der Waals surface area contributed by atoms with Gasteiger partial charge in [-0.05, 0) is 47.4 Å². The monoisotopic (exact) mass is 454 g/mol. The first kappa shape index (κ1) is 21.2. The van der Waals surface area contributed by atoms with Gasteiger partial charge in [-0.1, -0.05) is 63.2 Å². The maximum Gasteiger partial charge on any atom is 0.0746 e. The molecule has 0 amide bonds. The average Bonchev–Trinajstić information content (AvgIpc) is 3.28. The van der Waals surface area contributed by atoms with Gasteiger partial charge in [0.1, 0.15) is 0 Å². The molecule has 4 heterocycles. The van der Waals surface area contributed by atoms with Gasteiger partial charge in [-0.15, -0.1) is 0 Å². The molecule has 0 aliphatic carbocycles. The first-order chi connectivity index (χ1) is 17.0. The van der Waals surface area contributed by atoms with Crippen LogP contribution in [0.5, 0.6) is 0 Å². The van der Waals surface area contributed by atoms with Gasteiger partial charge in [0, 0.05) is 46.1 Å². The van der Waals surface area contributed by atoms with Gasteiger partial charge in [0.15, 0.2) is 0 Å². The second-order valence-electron chi connectivity index (χ2n) is 9.92. The smallest absolute Gasteiger partial charge is 0.0746 e. The molecule has 6 aromatic rings. The van der Waals surface area contributed by atoms with Crippen molar-refractivity contribution >= 4 is 21.8 Å². The first-order valence-corrected chi connectivity index (χ1v) is 11.9. The number of hydrogen-bond acceptors (Lipinski definition) is 3. The van der Waals surface area contributed by atoms with Crippen molar-refractivity contribution < 1.29 is 0 Å². The molecule has 0 aliphatic rings. The standard InChI is InChI=1S/C31H26N4/c1-31(2,3)21-16-22-24-18-32-19-25(28-14-9-13-26(34-28)20-10-5-4-6-11-20)30(24)35-29(22)23(17-21)27-12-7-8-15-33-27/h4-19,35H,1-3H3. The lowest BCUT2D eigenvalue weighted by Crippen LogP contribution is -2.11. The van der Waals surface area contributed by atoms with E-state index in [2.05, 4.69) is 78.2 Å². The van der Waals surface area contributed by atoms with Crippen molar-refractivity contribution in [1.29, 1.82) is 0 Å². The Bertz CT molecular complexity index is 1660. The third-order valence-electron chi connectivity index (χ3n) is 6.53. The van der Waals surface area contributed by atoms with Crippen LogP contribution in [0, 0.1) is 0 Å². The van der Waals surface area contributed by atoms with Gasteiger partial charge in [0.25, 0.3) is 0 Å². The molecule has 0 spiro atoms. The molecule has 0 aliphatic heterocycles. The van der Waals surface area contributed by atoms with E-state index in [9.17, 15) is 0 Å². The zero-order chi connectivity index (χ0) is 24.0. The van der Waals surface area contributed by atoms with Crippen LogP contribution in [-0.2, 0) is 5.41 Å². The molecule has 0 bridgehead atoms. The molecule has 4 heteroatoms. The van der Waals surface area contributed by atoms with Crippen molar-refractivity contribution in [1.82, 2.24) is 19.9 Å². The van der Waals surface area contributed by atoms with Crippen LogP contribution < -0.4 is 0 Å². The van der Waals surface area contributed by atoms with E-state index in [1.807, 2.05) is 55.0 Å². The normalized spacial score (nSPS) is 11.9. The summed E-state index contributed by atoms with van der Waals surface area (Å²) in [4.78, 5) is 18.0. The van der Waals surface area contributed by atoms with E-state index in [1.54, 1.807) is 0 Å². The second kappa shape index (κ2) is 8.17. The molecule has 0 saturated carbocycles. The van der Waals surface area contributed by atoms with Gasteiger partial charge in [-0.3, -0.25) is 9.97 Å². The number of H-pyrrole nitrogens is 1. The summed E-state index contributed by atoms with van der Waals surface area (Å²) >= 11 is 0. The number of aromatic amines is 1. The molecule has 0 fully saturated rings. The first-order valence-electron chi connectivity index (χ1n) is 11.9. The molecular weight excluding hydrogens is 428 g/mol. The topological polar surface area (TPSA) is 54.5 Å². The number of nitrogens with zero attached hydrogens (tertiary/aromatic N) is 3. The summed E-state index contributed by atoms with van der Waals surface area (Å²) in [6.07, 6.45) is 5.70. The summed E-state index contributed by atoms with van der Waals surface area (Å²) in [5.41, 5.74) is 9.34. The highest BCUT2D eigenvalue weighted by Crippen LogP contribution is 2.39. The van der Waals surface area contributed by atoms with E-state index in [4.69, 9.17) is 4.98 Å². The Morgan fingerprint density at radius 1 is 0.657 bits per heavy atom. The Morgan fingerprint density at radius 2 is 1.40 bits per heavy atom. The Labute approximate surface area is 204 Å². The van der Waals surface area contributed by atoms with Gasteiger partial charge in [0.05, 0.1) is 28.1 Å². The summed E-state index contributed by atoms with van der Waals surface area (Å²) in [7, 11) is 0. The number of pyridine rings is 3. The number of aromatic nitrogens is 4. The van der Waals surface area contributed by atoms with Gasteiger partial charge in [0.2, 0.25) is 0 Å². The number of hydrogen-bond donors (Lipinski definition) is 1. The molecule has 35 heavy (non-hydrogen) atoms. The van der Waals surface area contributed by atoms with Gasteiger partial charge in [-0.25, -0.2) is 4.98 Å². The molecule has 6 rings (SSSR count). The van der Waals surface area contributed by atoms with Gasteiger partial charge in [-0.2, -0.15) is 0 Å². The highest BCUT2D eigenvalue weighted by Gasteiger charge is 2.21. The van der Waals surface area contributed by atoms with E-state index in [0.29, 0.717) is 0 Å². The predicted octanol–water partition coefficient (Wildman–Crippen LogP) is 7.80. The average molecular weight is 455 g/mol. The molecule has 0 atom stereocenters. The van der Waals surface area contributed by atoms with Crippen LogP contribution in [0.4, 0.5) is 0 Å². The van der Waals surface area contributed by atoms with Crippen molar-refractivity contribution in [2.45, 2.75) is 26.2 Å². The van der Waals surface area contributed by atoms with Gasteiger partial charge >= 0.3 is 0 Å². The van der Waals surface area contributed by atoms with E-state index >= 15 is 0 Å². The quantitative estimate of drug-likeness (QED) is 0.297. The fourth-order valence-corrected chi connectivity index (χ4v) is 4.62. The summed E-state index contributed by atoms with van der Waals surface area (Å²) in [5.74, 6) is 0. The van der Waals surface area contributed by atoms with Crippen LogP contribution in [0.1, 0.15) is 26.3 Å². The molecule has 0 unspecified atom stereocenters. The summed E-state index contributed by atoms with van der Waals surface area (Å²) in [6, 6.07) is 27.0. The van der Waals surface area contributed by atoms with Gasteiger partial charge < -0.3 is 4.98 Å². The maximum atomic E-state index is 5.00. The van der Waals surface area contributed by atoms with Crippen molar-refractivity contribution in [3.63, 3.8) is 0 Å². The highest BCUT2D eigenvalue weighted by atomic mass is 14.8. The van der Waals surface area contributed by atoms with Crippen molar-refractivity contribution in [3.8, 4) is 33.8 Å². The molecule has 0 radical (unpaired) electrons. The zero-order valence-electron chi connectivity index (χ0n) is 20.1. The number of nitrogens with one attached hydrogen (secondary N) is 1. The maximum absolute atomic E-state index is 5.00. The van der Waals surface area contributed by atoms with E-state index < -0.39 is 0 Å². The Hall–Kier alpha value is -4.31. The fourth-order valence-electron chi connectivity index (χ4n) is 4.62. The zero-order valence-corrected chi connectivity index (χ0v) is 20.1. The van der Waals surface area contributed by atoms with E-state index in [-0.39, 0.29) is 5.41 Å². The van der Waals surface area contributed by atoms with Crippen LogP contribution in [0.25, 0.3) is 55.6 Å². The summed E-state index contributed by atoms with van der Waals surface area (Å²) in [5, 5.41) is 2.24. The van der Waals surface area contributed by atoms with Crippen molar-refractivity contribution in [3.05, 3.63) is 103 Å². The summed E-state index contributed by atoms with van der Waals surface area (Å²) in [6.45, 7) is 6.73. The van der Waals surface area contributed by atoms with Crippen molar-refractivity contribution in [2.24, 2.45) is 0 Å². The third kappa shape index (κ3) is 3.77. The van der Waals surface area contributed by atoms with Crippen molar-refractivity contribution in [2.75, 3.05) is 0 Å². The lowest BCUT2D eigenvalue weighted by Gasteiger charge is -2.20. The van der Waals surface area contributed by atoms with E-state index in [0.717, 1.165) is 55.6 Å². The summed E-state index contributed by atoms with van der Waals surface area (Å²) < 4.78 is 0. The van der Waals surface area contributed by atoms with Crippen LogP contribution in [0.2, 0.25) is 0 Å². The SMILES string of the molecule is CC(C)(C)c1cc(-c2ccccn2)c2[nH]c3c(-c4cccc(-c5ccccc5)n4)cncc3c2c1. The molecular formula is C31H26N4. The molecule has 4 nitrogen and oxygen atoms in total. The highest BCUT2D eigenvalue weighted by molar-refractivity contribution is 6.14. The minimum absolute atomic E-state index is 0.00206. The number of fused-ring (bicyclic) bond motifs is 3. The lowest BCUT2D eigenvalue weighted by atomic mass is 9.84. The van der Waals surface area contributed by atoms with Crippen LogP contribution in [0.15, 0.2) is 97.5 Å². The van der Waals surface area contributed by atoms with Crippen LogP contribution >= 0.6 is 0 Å². The van der Waals surface area contributed by atoms with Crippen LogP contribution in [0.3, 0.4) is 0 Å². The Morgan fingerprint density at radius 3 is 2.17 bits per heavy atom. The lowest BCUT2D eigenvalue weighted by molar-refractivity contribution is 0.591. The predicted molar refractivity (Wildman–Crippen MR) is 144 cm³/mol. The second-order valence-corrected chi connectivity index (χ2v) is 9.92. The molecule has 2 aromatic carbocycles. The number of benzene rings is 2. The van der Waals surface area contributed by atoms with E-state index in [1.165, 1.54) is 5.56 Å². The minimum atomic E-state index is -0.00206. The fraction of sp³-hybridized carbons (Fsp3) is 0.129. The number of rotatable bonds is 3. The minimum Gasteiger partial charge on any atom is -0.353 e. The third-order valence-corrected chi connectivity index (χ3v) is 6.53. The Balaban J connectivity index is 1.62. The molecule has 1 N–H and O–H groups in total. The Kier molecular flexibility index (Phi) is 4.96.